The summed E-state index contributed by atoms with van der Waals surface area (Å²) in [5.41, 5.74) is 13.8. The fraction of sp³-hybridized carbons (Fsp3) is 0.528. The minimum Gasteiger partial charge on any atom is -0.497 e. The summed E-state index contributed by atoms with van der Waals surface area (Å²) in [6.45, 7) is 8.27. The Labute approximate surface area is 573 Å². The SMILES string of the molecule is CC(=O)O.COC(=O)C12CC1c1cc(OC)ccc1-c1c(C3CCCCC3)c3ccc(C(=O)NS(=O)(=O)N(C)CCCCNC(=O)OC(C)(C)C)cc3n1C2.COc1ccc2c(c1)C1CC1(C(=O)O)Cn1c-2c(C2CCCCC2)c2ccc(C(=O)NS(=O)(=O)N(C)CCCCN)cc21. The Morgan fingerprint density at radius 3 is 1.46 bits per heavy atom. The van der Waals surface area contributed by atoms with Crippen LogP contribution in [0.2, 0.25) is 0 Å². The lowest BCUT2D eigenvalue weighted by Gasteiger charge is -2.24. The summed E-state index contributed by atoms with van der Waals surface area (Å²) in [5, 5.41) is 22.6. The largest absolute Gasteiger partial charge is 0.497 e. The summed E-state index contributed by atoms with van der Waals surface area (Å²) in [5.74, 6) is -1.54. The number of unbranched alkanes of at least 4 members (excludes halogenated alkanes) is 2. The number of nitrogens with one attached hydrogen (secondary N) is 3. The standard InChI is InChI=1S/C38H50N4O8S.C32H40N4O6S.C2H4O2/c1-37(2,3)50-36(45)39-18-10-11-19-41(4)51(46,47)40-34(43)25-14-16-28-31(20-25)42-23-38(35(44)49-6)22-30(38)29-21-26(48-5)15-17-27(29)33(42)32(28)24-12-8-7-9-13-24;1-35(15-7-6-14-33)43(40,41)34-30(37)21-10-12-24-27(16-21)36-19-32(31(38)39)18-26(32)25-17-22(42-2)11-13-23(25)29(36)28(24)20-8-4-3-5-9-20;1-2(3)4/h14-17,20-21,24,30H,7-13,18-19,22-23H2,1-6H3,(H,39,45)(H,40,43);10-13,16-17,20,26H,3-9,14-15,18-19,33H2,1-2H3,(H,34,37)(H,38,39);1H3,(H,3,4). The molecule has 4 saturated carbocycles. The normalized spacial score (nSPS) is 20.2. The fourth-order valence-corrected chi connectivity index (χ4v) is 17.0. The van der Waals surface area contributed by atoms with E-state index in [0.29, 0.717) is 75.7 Å². The van der Waals surface area contributed by atoms with Gasteiger partial charge in [-0.05, 0) is 186 Å². The van der Waals surface area contributed by atoms with Gasteiger partial charge < -0.3 is 49.3 Å². The highest BCUT2D eigenvalue weighted by Crippen LogP contribution is 2.67. The van der Waals surface area contributed by atoms with Gasteiger partial charge in [0.2, 0.25) is 0 Å². The molecule has 6 aliphatic rings. The number of nitrogens with two attached hydrogens (primary N) is 1. The Kier molecular flexibility index (Phi) is 21.8. The number of carboxylic acids is 2. The van der Waals surface area contributed by atoms with Crippen molar-refractivity contribution in [2.45, 2.75) is 173 Å². The highest BCUT2D eigenvalue weighted by atomic mass is 32.2. The quantitative estimate of drug-likeness (QED) is 0.0288. The maximum Gasteiger partial charge on any atom is 0.407 e. The molecule has 3 amide bonds. The number of benzene rings is 4. The van der Waals surface area contributed by atoms with Gasteiger partial charge in [-0.3, -0.25) is 24.0 Å². The van der Waals surface area contributed by atoms with Crippen molar-refractivity contribution in [3.05, 3.63) is 106 Å². The number of rotatable bonds is 21. The molecule has 24 nitrogen and oxygen atoms in total. The van der Waals surface area contributed by atoms with Crippen LogP contribution in [-0.2, 0) is 57.4 Å². The summed E-state index contributed by atoms with van der Waals surface area (Å²) in [6.07, 6.45) is 14.0. The van der Waals surface area contributed by atoms with E-state index in [1.165, 1.54) is 45.2 Å². The van der Waals surface area contributed by atoms with Crippen molar-refractivity contribution in [3.63, 3.8) is 0 Å². The van der Waals surface area contributed by atoms with Crippen LogP contribution in [0, 0.1) is 10.8 Å². The minimum absolute atomic E-state index is 0.0375. The Bertz CT molecular complexity index is 4280. The van der Waals surface area contributed by atoms with E-state index in [-0.39, 0.29) is 48.6 Å². The zero-order valence-electron chi connectivity index (χ0n) is 57.6. The average molecular weight is 1390 g/mol. The molecule has 4 fully saturated rings. The predicted molar refractivity (Wildman–Crippen MR) is 372 cm³/mol. The summed E-state index contributed by atoms with van der Waals surface area (Å²) in [6, 6.07) is 22.7. The molecule has 2 aromatic heterocycles. The molecule has 6 aromatic rings. The van der Waals surface area contributed by atoms with Crippen LogP contribution in [0.4, 0.5) is 4.79 Å². The third kappa shape index (κ3) is 15.1. The minimum atomic E-state index is -4.15. The molecule has 98 heavy (non-hydrogen) atoms. The summed E-state index contributed by atoms with van der Waals surface area (Å²) in [7, 11) is -0.682. The Balaban J connectivity index is 0.000000204. The number of nitrogens with zero attached hydrogens (tertiary/aromatic N) is 4. The fourth-order valence-electron chi connectivity index (χ4n) is 15.2. The molecular weight excluding hydrogens is 1300 g/mol. The maximum atomic E-state index is 13.6. The molecule has 0 radical (unpaired) electrons. The molecule has 2 aliphatic heterocycles. The van der Waals surface area contributed by atoms with Crippen molar-refractivity contribution < 1.29 is 74.8 Å². The second-order valence-electron chi connectivity index (χ2n) is 28.0. The van der Waals surface area contributed by atoms with Gasteiger partial charge in [0, 0.05) is 110 Å². The van der Waals surface area contributed by atoms with Crippen LogP contribution in [0.5, 0.6) is 11.5 Å². The molecule has 0 saturated heterocycles. The van der Waals surface area contributed by atoms with Crippen LogP contribution in [0.3, 0.4) is 0 Å². The number of carbonyl (C=O) groups excluding carboxylic acids is 4. The maximum absolute atomic E-state index is 13.6. The highest BCUT2D eigenvalue weighted by molar-refractivity contribution is 7.88. The Morgan fingerprint density at radius 2 is 1.04 bits per heavy atom. The van der Waals surface area contributed by atoms with Crippen molar-refractivity contribution in [1.82, 2.24) is 32.5 Å². The van der Waals surface area contributed by atoms with E-state index < -0.39 is 66.7 Å². The van der Waals surface area contributed by atoms with Crippen molar-refractivity contribution in [2.75, 3.05) is 61.6 Å². The highest BCUT2D eigenvalue weighted by Gasteiger charge is 2.65. The number of fused-ring (bicyclic) bond motifs is 14. The Hall–Kier alpha value is -8.04. The van der Waals surface area contributed by atoms with Crippen LogP contribution in [0.1, 0.15) is 197 Å². The number of carbonyl (C=O) groups is 6. The van der Waals surface area contributed by atoms with Crippen molar-refractivity contribution >= 4 is 78.0 Å². The topological polar surface area (TPSA) is 327 Å². The number of aromatic nitrogens is 2. The molecule has 4 aliphatic carbocycles. The van der Waals surface area contributed by atoms with Gasteiger partial charge in [-0.2, -0.15) is 25.4 Å². The monoisotopic (exact) mass is 1390 g/mol. The van der Waals surface area contributed by atoms with E-state index in [2.05, 4.69) is 30.0 Å². The molecule has 530 valence electrons. The van der Waals surface area contributed by atoms with E-state index in [9.17, 15) is 45.9 Å². The molecule has 7 N–H and O–H groups in total. The second-order valence-corrected chi connectivity index (χ2v) is 31.6. The number of aliphatic carboxylic acids is 2. The van der Waals surface area contributed by atoms with E-state index in [4.69, 9.17) is 34.6 Å². The lowest BCUT2D eigenvalue weighted by molar-refractivity contribution is -0.148. The second kappa shape index (κ2) is 29.4. The van der Waals surface area contributed by atoms with Crippen molar-refractivity contribution in [3.8, 4) is 34.0 Å². The van der Waals surface area contributed by atoms with Gasteiger partial charge in [-0.25, -0.2) is 14.2 Å². The number of hydrogen-bond donors (Lipinski definition) is 6. The number of alkyl carbamates (subject to hydrolysis) is 1. The van der Waals surface area contributed by atoms with E-state index in [1.54, 1.807) is 59.3 Å². The molecule has 26 heteroatoms. The van der Waals surface area contributed by atoms with Crippen molar-refractivity contribution in [2.24, 2.45) is 16.6 Å². The lowest BCUT2D eigenvalue weighted by atomic mass is 9.81. The van der Waals surface area contributed by atoms with Crippen LogP contribution in [-0.4, -0.2) is 148 Å². The van der Waals surface area contributed by atoms with E-state index in [0.717, 1.165) is 128 Å². The van der Waals surface area contributed by atoms with E-state index >= 15 is 0 Å². The smallest absolute Gasteiger partial charge is 0.407 e. The first-order valence-corrected chi connectivity index (χ1v) is 36.9. The van der Waals surface area contributed by atoms with Crippen LogP contribution in [0.15, 0.2) is 72.8 Å². The number of methoxy groups -OCH3 is 3. The Morgan fingerprint density at radius 1 is 0.612 bits per heavy atom. The molecular formula is C72H94N8O16S2. The third-order valence-electron chi connectivity index (χ3n) is 20.3. The number of ether oxygens (including phenoxy) is 4. The zero-order chi connectivity index (χ0) is 70.8. The molecule has 4 atom stereocenters. The summed E-state index contributed by atoms with van der Waals surface area (Å²) >= 11 is 0. The molecule has 0 spiro atoms. The zero-order valence-corrected chi connectivity index (χ0v) is 59.2. The van der Waals surface area contributed by atoms with Gasteiger partial charge in [0.05, 0.1) is 43.5 Å². The molecule has 0 bridgehead atoms. The van der Waals surface area contributed by atoms with Crippen molar-refractivity contribution in [1.29, 1.82) is 0 Å². The first-order valence-electron chi connectivity index (χ1n) is 34.0. The van der Waals surface area contributed by atoms with Crippen LogP contribution in [0.25, 0.3) is 44.3 Å². The van der Waals surface area contributed by atoms with Gasteiger partial charge in [0.25, 0.3) is 17.8 Å². The van der Waals surface area contributed by atoms with Gasteiger partial charge in [-0.1, -0.05) is 50.7 Å². The third-order valence-corrected chi connectivity index (χ3v) is 23.2. The van der Waals surface area contributed by atoms with Gasteiger partial charge in [0.1, 0.15) is 17.1 Å². The summed E-state index contributed by atoms with van der Waals surface area (Å²) < 4.78 is 84.9. The van der Waals surface area contributed by atoms with Gasteiger partial charge in [0.15, 0.2) is 0 Å². The number of amides is 3. The first kappa shape index (κ1) is 72.7. The number of hydrogen-bond acceptors (Lipinski definition) is 15. The van der Waals surface area contributed by atoms with Crippen LogP contribution >= 0.6 is 0 Å². The van der Waals surface area contributed by atoms with Crippen LogP contribution < -0.4 is 30.0 Å². The van der Waals surface area contributed by atoms with E-state index in [1.807, 2.05) is 42.5 Å². The lowest BCUT2D eigenvalue weighted by Crippen LogP contribution is -2.42. The molecule has 12 rings (SSSR count). The summed E-state index contributed by atoms with van der Waals surface area (Å²) in [4.78, 5) is 74.1. The van der Waals surface area contributed by atoms with Gasteiger partial charge in [-0.15, -0.1) is 0 Å². The average Bonchev–Trinajstić information content (AvgIpc) is 1.53. The first-order chi connectivity index (χ1) is 46.5. The molecule has 4 heterocycles. The van der Waals surface area contributed by atoms with Gasteiger partial charge >= 0.3 is 38.5 Å². The number of carboxylic acid groups (broad SMARTS) is 2. The number of esters is 1. The molecule has 4 unspecified atom stereocenters. The predicted octanol–water partition coefficient (Wildman–Crippen LogP) is 10.9. The molecule has 4 aromatic carbocycles.